The van der Waals surface area contributed by atoms with Gasteiger partial charge < -0.3 is 34.1 Å². The standard InChI is InChI=1S/C52H65N9O7/c1-11-43(62)57-42-29-54-47(58(42)8)50(65)59(9)45(31(3)4)48(63)56-40-25-33-16-13-17-34(24-33)35-20-21-41-38(26-35)39(46(60(41)12-2)37-19-14-22-53-44(37)32(5)67-10)27-52(6,7)30-68-51(66)36-18-15-23-61(49(40)64)55-28-36/h11,13-14,16-17,19-22,24,26,29,31-32,36,40,45,55H,1,12,15,18,23,25,27-28,30H2,2-10H3,(H,56,63)(H,57,62)/t32-,36+,40-,45?/m0/s1. The molecule has 2 aliphatic rings. The molecule has 0 aliphatic carbocycles. The molecule has 0 saturated carbocycles. The van der Waals surface area contributed by atoms with Gasteiger partial charge in [-0.1, -0.05) is 64.6 Å². The fraction of sp³-hybridized carbons (Fsp3) is 0.442. The molecule has 68 heavy (non-hydrogen) atoms. The zero-order valence-corrected chi connectivity index (χ0v) is 40.7. The molecule has 1 fully saturated rings. The van der Waals surface area contributed by atoms with Crippen LogP contribution < -0.4 is 16.1 Å². The lowest BCUT2D eigenvalue weighted by Gasteiger charge is -2.33. The molecule has 4 atom stereocenters. The maximum atomic E-state index is 14.8. The number of pyridine rings is 1. The Balaban J connectivity index is 1.30. The van der Waals surface area contributed by atoms with Crippen molar-refractivity contribution >= 4 is 46.3 Å². The Morgan fingerprint density at radius 2 is 1.84 bits per heavy atom. The van der Waals surface area contributed by atoms with Crippen molar-refractivity contribution in [3.05, 3.63) is 102 Å². The number of imidazole rings is 1. The van der Waals surface area contributed by atoms with Crippen molar-refractivity contribution in [2.75, 3.05) is 39.2 Å². The molecule has 7 rings (SSSR count). The molecule has 16 nitrogen and oxygen atoms in total. The lowest BCUT2D eigenvalue weighted by atomic mass is 9.84. The molecule has 360 valence electrons. The topological polar surface area (TPSA) is 182 Å². The van der Waals surface area contributed by atoms with E-state index in [4.69, 9.17) is 14.5 Å². The second-order valence-electron chi connectivity index (χ2n) is 19.0. The number of nitrogens with one attached hydrogen (secondary N) is 3. The molecule has 4 amide bonds. The van der Waals surface area contributed by atoms with Crippen LogP contribution in [0.15, 0.2) is 79.6 Å². The van der Waals surface area contributed by atoms with Gasteiger partial charge in [-0.25, -0.2) is 10.4 Å². The van der Waals surface area contributed by atoms with E-state index in [9.17, 15) is 24.0 Å². The Bertz CT molecular complexity index is 2720. The molecule has 1 unspecified atom stereocenters. The van der Waals surface area contributed by atoms with E-state index in [-0.39, 0.29) is 55.1 Å². The smallest absolute Gasteiger partial charge is 0.310 e. The number of nitrogens with zero attached hydrogens (tertiary/aromatic N) is 6. The molecule has 5 aromatic rings. The Hall–Kier alpha value is -6.65. The molecule has 0 radical (unpaired) electrons. The first kappa shape index (κ1) is 49.3. The Kier molecular flexibility index (Phi) is 15.0. The minimum atomic E-state index is -1.06. The Morgan fingerprint density at radius 1 is 1.07 bits per heavy atom. The molecule has 2 aromatic carbocycles. The van der Waals surface area contributed by atoms with Crippen molar-refractivity contribution in [1.29, 1.82) is 0 Å². The van der Waals surface area contributed by atoms with Crippen LogP contribution in [0.2, 0.25) is 0 Å². The number of benzene rings is 2. The quantitative estimate of drug-likeness (QED) is 0.0959. The zero-order valence-electron chi connectivity index (χ0n) is 40.7. The van der Waals surface area contributed by atoms with E-state index in [2.05, 4.69) is 83.3 Å². The van der Waals surface area contributed by atoms with Crippen molar-refractivity contribution in [1.82, 2.24) is 39.8 Å². The highest BCUT2D eigenvalue weighted by Gasteiger charge is 2.37. The lowest BCUT2D eigenvalue weighted by molar-refractivity contribution is -0.152. The number of cyclic esters (lactones) is 1. The van der Waals surface area contributed by atoms with Crippen LogP contribution in [-0.4, -0.2) is 105 Å². The highest BCUT2D eigenvalue weighted by molar-refractivity contribution is 6.00. The van der Waals surface area contributed by atoms with Crippen molar-refractivity contribution < 1.29 is 33.4 Å². The van der Waals surface area contributed by atoms with Gasteiger partial charge in [0.25, 0.3) is 11.8 Å². The lowest BCUT2D eigenvalue weighted by Crippen LogP contribution is -2.58. The number of rotatable bonds is 11. The van der Waals surface area contributed by atoms with Gasteiger partial charge in [-0.05, 0) is 91.6 Å². The van der Waals surface area contributed by atoms with Gasteiger partial charge >= 0.3 is 5.97 Å². The number of hydrazine groups is 1. The van der Waals surface area contributed by atoms with Crippen molar-refractivity contribution in [2.45, 2.75) is 92.0 Å². The average molecular weight is 928 g/mol. The maximum Gasteiger partial charge on any atom is 0.310 e. The monoisotopic (exact) mass is 928 g/mol. The predicted octanol–water partition coefficient (Wildman–Crippen LogP) is 6.65. The molecule has 0 spiro atoms. The normalized spacial score (nSPS) is 18.5. The van der Waals surface area contributed by atoms with Gasteiger partial charge in [0, 0.05) is 75.3 Å². The van der Waals surface area contributed by atoms with Crippen LogP contribution >= 0.6 is 0 Å². The summed E-state index contributed by atoms with van der Waals surface area (Å²) in [5.41, 5.74) is 10.5. The van der Waals surface area contributed by atoms with Crippen LogP contribution in [0.1, 0.15) is 87.9 Å². The number of amides is 4. The summed E-state index contributed by atoms with van der Waals surface area (Å²) in [6.45, 7) is 16.8. The summed E-state index contributed by atoms with van der Waals surface area (Å²) < 4.78 is 15.8. The first-order valence-corrected chi connectivity index (χ1v) is 23.4. The average Bonchev–Trinajstić information content (AvgIpc) is 3.70. The van der Waals surface area contributed by atoms with E-state index in [1.807, 2.05) is 45.0 Å². The highest BCUT2D eigenvalue weighted by Crippen LogP contribution is 2.42. The van der Waals surface area contributed by atoms with Gasteiger partial charge in [0.05, 0.1) is 36.2 Å². The van der Waals surface area contributed by atoms with Crippen molar-refractivity contribution in [3.63, 3.8) is 0 Å². The SMILES string of the molecule is C=CC(=O)Nc1cnc(C(=O)N(C)C(C(=O)N[C@H]2Cc3cccc(c3)-c3ccc4c(c3)c(c(-c3cccnc3[C@H](C)OC)n4CC)CC(C)(C)COC(=O)[C@@H]3CCCN(NC3)C2=O)C(C)C)n1C. The third kappa shape index (κ3) is 10.3. The number of hydrogen-bond acceptors (Lipinski definition) is 10. The first-order chi connectivity index (χ1) is 32.5. The van der Waals surface area contributed by atoms with Crippen LogP contribution in [0.5, 0.6) is 0 Å². The van der Waals surface area contributed by atoms with Gasteiger partial charge in [-0.3, -0.25) is 34.0 Å². The van der Waals surface area contributed by atoms with Gasteiger partial charge in [0.15, 0.2) is 0 Å². The van der Waals surface area contributed by atoms with Gasteiger partial charge in [-0.2, -0.15) is 0 Å². The molecular formula is C52H65N9O7. The second kappa shape index (κ2) is 20.7. The van der Waals surface area contributed by atoms with E-state index < -0.39 is 41.1 Å². The fourth-order valence-corrected chi connectivity index (χ4v) is 9.54. The van der Waals surface area contributed by atoms with E-state index >= 15 is 0 Å². The molecule has 16 heteroatoms. The fourth-order valence-electron chi connectivity index (χ4n) is 9.54. The molecule has 3 N–H and O–H groups in total. The van der Waals surface area contributed by atoms with Crippen LogP contribution in [0.3, 0.4) is 0 Å². The Morgan fingerprint density at radius 3 is 2.56 bits per heavy atom. The predicted molar refractivity (Wildman–Crippen MR) is 261 cm³/mol. The number of fused-ring (bicyclic) bond motifs is 7. The van der Waals surface area contributed by atoms with E-state index in [1.165, 1.54) is 27.7 Å². The summed E-state index contributed by atoms with van der Waals surface area (Å²) >= 11 is 0. The highest BCUT2D eigenvalue weighted by atomic mass is 16.5. The molecule has 2 aliphatic heterocycles. The van der Waals surface area contributed by atoms with Gasteiger partial charge in [0.1, 0.15) is 17.9 Å². The van der Waals surface area contributed by atoms with E-state index in [0.717, 1.165) is 56.2 Å². The molecule has 3 aromatic heterocycles. The Labute approximate surface area is 398 Å². The number of methoxy groups -OCH3 is 1. The summed E-state index contributed by atoms with van der Waals surface area (Å²) in [7, 11) is 4.79. The minimum absolute atomic E-state index is 0.00541. The summed E-state index contributed by atoms with van der Waals surface area (Å²) in [6.07, 6.45) is 5.76. The molecule has 6 bridgehead atoms. The molecular weight excluding hydrogens is 863 g/mol. The number of esters is 1. The number of aryl methyl sites for hydroxylation is 1. The van der Waals surface area contributed by atoms with Crippen LogP contribution in [0.25, 0.3) is 33.3 Å². The number of aromatic nitrogens is 4. The number of likely N-dealkylation sites (N-methyl/N-ethyl adjacent to an activating group) is 1. The van der Waals surface area contributed by atoms with E-state index in [1.54, 1.807) is 20.4 Å². The maximum absolute atomic E-state index is 14.8. The zero-order chi connectivity index (χ0) is 49.0. The first-order valence-electron chi connectivity index (χ1n) is 23.4. The summed E-state index contributed by atoms with van der Waals surface area (Å²) in [4.78, 5) is 79.6. The summed E-state index contributed by atoms with van der Waals surface area (Å²) in [6, 6.07) is 16.5. The van der Waals surface area contributed by atoms with Crippen LogP contribution in [0.4, 0.5) is 5.82 Å². The number of anilines is 1. The number of hydrogen-bond donors (Lipinski definition) is 3. The van der Waals surface area contributed by atoms with Gasteiger partial charge in [-0.15, -0.1) is 0 Å². The summed E-state index contributed by atoms with van der Waals surface area (Å²) in [5, 5.41) is 8.23. The second-order valence-corrected chi connectivity index (χ2v) is 19.0. The molecule has 5 heterocycles. The van der Waals surface area contributed by atoms with Crippen molar-refractivity contribution in [3.8, 4) is 22.4 Å². The van der Waals surface area contributed by atoms with E-state index in [0.29, 0.717) is 32.4 Å². The third-order valence-electron chi connectivity index (χ3n) is 13.2. The van der Waals surface area contributed by atoms with Crippen molar-refractivity contribution in [2.24, 2.45) is 24.3 Å². The largest absolute Gasteiger partial charge is 0.465 e. The minimum Gasteiger partial charge on any atom is -0.465 e. The van der Waals surface area contributed by atoms with Crippen LogP contribution in [0, 0.1) is 17.3 Å². The van der Waals surface area contributed by atoms with Crippen LogP contribution in [-0.2, 0) is 55.1 Å². The number of carbonyl (C=O) groups is 5. The summed E-state index contributed by atoms with van der Waals surface area (Å²) in [5.74, 6) is -2.86. The number of carbonyl (C=O) groups excluding carboxylic acids is 5. The third-order valence-corrected chi connectivity index (χ3v) is 13.2. The number of ether oxygens (including phenoxy) is 2. The molecule has 1 saturated heterocycles. The van der Waals surface area contributed by atoms with Gasteiger partial charge in [0.2, 0.25) is 17.6 Å².